The van der Waals surface area contributed by atoms with Crippen LogP contribution in [-0.2, 0) is 14.3 Å². The molecule has 0 aliphatic carbocycles. The minimum atomic E-state index is -0.375. The van der Waals surface area contributed by atoms with Gasteiger partial charge in [-0.15, -0.1) is 0 Å². The summed E-state index contributed by atoms with van der Waals surface area (Å²) in [4.78, 5) is 24.4. The molecule has 0 aliphatic heterocycles. The Bertz CT molecular complexity index is 416. The zero-order valence-electron chi connectivity index (χ0n) is 10.7. The second-order valence-corrected chi connectivity index (χ2v) is 3.76. The molecule has 0 spiro atoms. The van der Waals surface area contributed by atoms with Crippen molar-refractivity contribution in [2.75, 3.05) is 32.1 Å². The summed E-state index contributed by atoms with van der Waals surface area (Å²) in [7, 11) is 1.31. The number of methoxy groups -OCH3 is 1. The number of carbonyl (C=O) groups is 2. The molecule has 1 aromatic rings. The number of aromatic nitrogens is 1. The fraction of sp³-hybridized carbons (Fsp3) is 0.545. The maximum Gasteiger partial charge on any atom is 0.319 e. The quantitative estimate of drug-likeness (QED) is 0.741. The van der Waals surface area contributed by atoms with Crippen LogP contribution in [0.25, 0.3) is 0 Å². The monoisotopic (exact) mass is 255 g/mol. The molecule has 0 bridgehead atoms. The molecule has 1 heterocycles. The normalized spacial score (nSPS) is 10.4. The van der Waals surface area contributed by atoms with Gasteiger partial charge in [0.15, 0.2) is 0 Å². The second-order valence-electron chi connectivity index (χ2n) is 3.76. The standard InChI is InChI=1S/C11H17N3O4/c1-4-14(7-11(16)17-3)6-9(15)12-10-5-8(2)13-18-10/h5H,4,6-7H2,1-3H3,(H,12,15). The largest absolute Gasteiger partial charge is 0.468 e. The van der Waals surface area contributed by atoms with E-state index in [-0.39, 0.29) is 25.0 Å². The number of ether oxygens (including phenoxy) is 1. The lowest BCUT2D eigenvalue weighted by molar-refractivity contribution is -0.142. The number of nitrogens with one attached hydrogen (secondary N) is 1. The van der Waals surface area contributed by atoms with Crippen molar-refractivity contribution in [3.05, 3.63) is 11.8 Å². The maximum atomic E-state index is 11.7. The van der Waals surface area contributed by atoms with Crippen LogP contribution >= 0.6 is 0 Å². The van der Waals surface area contributed by atoms with Gasteiger partial charge in [0.2, 0.25) is 11.8 Å². The lowest BCUT2D eigenvalue weighted by atomic mass is 10.4. The van der Waals surface area contributed by atoms with Crippen LogP contribution < -0.4 is 5.32 Å². The first-order valence-electron chi connectivity index (χ1n) is 5.57. The number of carbonyl (C=O) groups excluding carboxylic acids is 2. The van der Waals surface area contributed by atoms with Crippen LogP contribution in [-0.4, -0.2) is 48.7 Å². The van der Waals surface area contributed by atoms with E-state index >= 15 is 0 Å². The lowest BCUT2D eigenvalue weighted by Gasteiger charge is -2.17. The molecule has 0 aromatic carbocycles. The molecule has 18 heavy (non-hydrogen) atoms. The molecule has 0 saturated heterocycles. The number of nitrogens with zero attached hydrogens (tertiary/aromatic N) is 2. The van der Waals surface area contributed by atoms with Gasteiger partial charge in [0, 0.05) is 6.07 Å². The Hall–Kier alpha value is -1.89. The van der Waals surface area contributed by atoms with Crippen molar-refractivity contribution in [3.8, 4) is 0 Å². The minimum Gasteiger partial charge on any atom is -0.468 e. The summed E-state index contributed by atoms with van der Waals surface area (Å²) in [5.74, 6) is -0.344. The van der Waals surface area contributed by atoms with Crippen molar-refractivity contribution >= 4 is 17.8 Å². The molecule has 0 aliphatic rings. The second kappa shape index (κ2) is 6.75. The average molecular weight is 255 g/mol. The van der Waals surface area contributed by atoms with Crippen molar-refractivity contribution in [3.63, 3.8) is 0 Å². The zero-order valence-corrected chi connectivity index (χ0v) is 10.7. The molecule has 0 saturated carbocycles. The molecule has 7 heteroatoms. The smallest absolute Gasteiger partial charge is 0.319 e. The Morgan fingerprint density at radius 3 is 2.72 bits per heavy atom. The molecule has 0 atom stereocenters. The molecule has 0 unspecified atom stereocenters. The molecule has 1 rings (SSSR count). The van der Waals surface area contributed by atoms with E-state index in [2.05, 4.69) is 15.2 Å². The Kier molecular flexibility index (Phi) is 5.31. The van der Waals surface area contributed by atoms with E-state index in [4.69, 9.17) is 4.52 Å². The molecule has 1 amide bonds. The predicted molar refractivity (Wildman–Crippen MR) is 64.0 cm³/mol. The van der Waals surface area contributed by atoms with Crippen molar-refractivity contribution in [2.24, 2.45) is 0 Å². The van der Waals surface area contributed by atoms with E-state index in [9.17, 15) is 9.59 Å². The summed E-state index contributed by atoms with van der Waals surface area (Å²) < 4.78 is 9.41. The number of likely N-dealkylation sites (N-methyl/N-ethyl adjacent to an activating group) is 1. The number of aryl methyl sites for hydroxylation is 1. The fourth-order valence-corrected chi connectivity index (χ4v) is 1.33. The van der Waals surface area contributed by atoms with Crippen molar-refractivity contribution in [2.45, 2.75) is 13.8 Å². The molecular formula is C11H17N3O4. The Balaban J connectivity index is 2.44. The summed E-state index contributed by atoms with van der Waals surface area (Å²) >= 11 is 0. The highest BCUT2D eigenvalue weighted by molar-refractivity contribution is 5.91. The maximum absolute atomic E-state index is 11.7. The Morgan fingerprint density at radius 2 is 2.22 bits per heavy atom. The van der Waals surface area contributed by atoms with Crippen LogP contribution in [0.5, 0.6) is 0 Å². The first kappa shape index (κ1) is 14.2. The highest BCUT2D eigenvalue weighted by atomic mass is 16.5. The Labute approximate surface area is 105 Å². The topological polar surface area (TPSA) is 84.7 Å². The van der Waals surface area contributed by atoms with E-state index in [1.807, 2.05) is 6.92 Å². The van der Waals surface area contributed by atoms with Gasteiger partial charge >= 0.3 is 5.97 Å². The van der Waals surface area contributed by atoms with E-state index in [1.54, 1.807) is 17.9 Å². The number of rotatable bonds is 6. The summed E-state index contributed by atoms with van der Waals surface area (Å²) in [6.45, 7) is 4.35. The lowest BCUT2D eigenvalue weighted by Crippen LogP contribution is -2.37. The fourth-order valence-electron chi connectivity index (χ4n) is 1.33. The summed E-state index contributed by atoms with van der Waals surface area (Å²) in [6, 6.07) is 1.62. The molecule has 0 fully saturated rings. The minimum absolute atomic E-state index is 0.0792. The number of anilines is 1. The third-order valence-electron chi connectivity index (χ3n) is 2.29. The predicted octanol–water partition coefficient (Wildman–Crippen LogP) is 0.416. The summed E-state index contributed by atoms with van der Waals surface area (Å²) in [5, 5.41) is 6.21. The van der Waals surface area contributed by atoms with Gasteiger partial charge in [-0.3, -0.25) is 19.8 Å². The highest BCUT2D eigenvalue weighted by Crippen LogP contribution is 2.07. The third kappa shape index (κ3) is 4.54. The van der Waals surface area contributed by atoms with Crippen molar-refractivity contribution in [1.82, 2.24) is 10.1 Å². The van der Waals surface area contributed by atoms with Crippen molar-refractivity contribution in [1.29, 1.82) is 0 Å². The summed E-state index contributed by atoms with van der Waals surface area (Å²) in [5.41, 5.74) is 0.687. The van der Waals surface area contributed by atoms with Gasteiger partial charge in [0.05, 0.1) is 25.9 Å². The molecule has 100 valence electrons. The first-order chi connectivity index (χ1) is 8.55. The number of hydrogen-bond acceptors (Lipinski definition) is 6. The van der Waals surface area contributed by atoms with Crippen LogP contribution in [0.3, 0.4) is 0 Å². The van der Waals surface area contributed by atoms with E-state index < -0.39 is 0 Å². The Morgan fingerprint density at radius 1 is 1.50 bits per heavy atom. The van der Waals surface area contributed by atoms with Gasteiger partial charge < -0.3 is 9.26 Å². The van der Waals surface area contributed by atoms with Gasteiger partial charge in [0.25, 0.3) is 0 Å². The molecule has 1 aromatic heterocycles. The van der Waals surface area contributed by atoms with Crippen molar-refractivity contribution < 1.29 is 18.8 Å². The van der Waals surface area contributed by atoms with Crippen LogP contribution in [0.1, 0.15) is 12.6 Å². The average Bonchev–Trinajstić information content (AvgIpc) is 2.73. The van der Waals surface area contributed by atoms with Gasteiger partial charge in [-0.1, -0.05) is 12.1 Å². The van der Waals surface area contributed by atoms with Crippen LogP contribution in [0.4, 0.5) is 5.88 Å². The van der Waals surface area contributed by atoms with Crippen LogP contribution in [0.2, 0.25) is 0 Å². The van der Waals surface area contributed by atoms with Crippen LogP contribution in [0.15, 0.2) is 10.6 Å². The summed E-state index contributed by atoms with van der Waals surface area (Å²) in [6.07, 6.45) is 0. The number of hydrogen-bond donors (Lipinski definition) is 1. The highest BCUT2D eigenvalue weighted by Gasteiger charge is 2.14. The van der Waals surface area contributed by atoms with Gasteiger partial charge in [-0.25, -0.2) is 0 Å². The first-order valence-corrected chi connectivity index (χ1v) is 5.57. The zero-order chi connectivity index (χ0) is 13.5. The van der Waals surface area contributed by atoms with E-state index in [1.165, 1.54) is 7.11 Å². The molecule has 0 radical (unpaired) electrons. The van der Waals surface area contributed by atoms with Gasteiger partial charge in [-0.05, 0) is 13.5 Å². The SMILES string of the molecule is CCN(CC(=O)Nc1cc(C)no1)CC(=O)OC. The molecule has 1 N–H and O–H groups in total. The van der Waals surface area contributed by atoms with E-state index in [0.29, 0.717) is 18.1 Å². The van der Waals surface area contributed by atoms with Gasteiger partial charge in [0.1, 0.15) is 0 Å². The van der Waals surface area contributed by atoms with Crippen LogP contribution in [0, 0.1) is 6.92 Å². The number of esters is 1. The number of amides is 1. The third-order valence-corrected chi connectivity index (χ3v) is 2.29. The molecule has 7 nitrogen and oxygen atoms in total. The van der Waals surface area contributed by atoms with Gasteiger partial charge in [-0.2, -0.15) is 0 Å². The molecular weight excluding hydrogens is 238 g/mol. The van der Waals surface area contributed by atoms with E-state index in [0.717, 1.165) is 0 Å².